The van der Waals surface area contributed by atoms with E-state index in [9.17, 15) is 18.4 Å². The van der Waals surface area contributed by atoms with Gasteiger partial charge in [-0.25, -0.2) is 0 Å². The van der Waals surface area contributed by atoms with Gasteiger partial charge < -0.3 is 15.4 Å². The lowest BCUT2D eigenvalue weighted by atomic mass is 10.1. The maximum Gasteiger partial charge on any atom is 0.387 e. The predicted octanol–water partition coefficient (Wildman–Crippen LogP) is 3.21. The summed E-state index contributed by atoms with van der Waals surface area (Å²) in [5, 5.41) is 5.16. The molecule has 0 saturated heterocycles. The number of aryl methyl sites for hydroxylation is 1. The van der Waals surface area contributed by atoms with Gasteiger partial charge in [0.05, 0.1) is 0 Å². The summed E-state index contributed by atoms with van der Waals surface area (Å²) >= 11 is 0. The second-order valence-corrected chi connectivity index (χ2v) is 4.97. The van der Waals surface area contributed by atoms with E-state index < -0.39 is 12.5 Å². The summed E-state index contributed by atoms with van der Waals surface area (Å²) in [6.45, 7) is -1.19. The third kappa shape index (κ3) is 4.28. The van der Waals surface area contributed by atoms with Crippen molar-refractivity contribution in [1.82, 2.24) is 5.32 Å². The molecule has 0 fully saturated rings. The highest BCUT2D eigenvalue weighted by molar-refractivity contribution is 6.05. The number of hydrogen-bond acceptors (Lipinski definition) is 3. The molecule has 0 radical (unpaired) electrons. The van der Waals surface area contributed by atoms with E-state index in [1.54, 1.807) is 25.1 Å². The number of carbonyl (C=O) groups excluding carboxylic acids is 2. The van der Waals surface area contributed by atoms with Crippen molar-refractivity contribution in [3.8, 4) is 5.75 Å². The number of amides is 2. The van der Waals surface area contributed by atoms with E-state index in [2.05, 4.69) is 15.4 Å². The molecule has 0 saturated carbocycles. The molecule has 0 spiro atoms. The lowest BCUT2D eigenvalue weighted by molar-refractivity contribution is -0.0498. The second kappa shape index (κ2) is 7.54. The van der Waals surface area contributed by atoms with Crippen LogP contribution in [0.2, 0.25) is 0 Å². The standard InChI is InChI=1S/C17H16F2N2O3/c1-10-6-7-12(15(22)20-2)9-14(10)21-16(23)11-4-3-5-13(8-11)24-17(18)19/h3-9,17H,1-2H3,(H,20,22)(H,21,23). The van der Waals surface area contributed by atoms with Crippen molar-refractivity contribution in [2.24, 2.45) is 0 Å². The third-order valence-electron chi connectivity index (χ3n) is 3.30. The van der Waals surface area contributed by atoms with E-state index in [-0.39, 0.29) is 17.2 Å². The fourth-order valence-electron chi connectivity index (χ4n) is 2.05. The number of rotatable bonds is 5. The maximum absolute atomic E-state index is 12.3. The van der Waals surface area contributed by atoms with E-state index in [0.29, 0.717) is 11.3 Å². The summed E-state index contributed by atoms with van der Waals surface area (Å²) in [7, 11) is 1.51. The van der Waals surface area contributed by atoms with Gasteiger partial charge in [-0.3, -0.25) is 9.59 Å². The Hall–Kier alpha value is -2.96. The summed E-state index contributed by atoms with van der Waals surface area (Å²) in [5.74, 6) is -0.877. The van der Waals surface area contributed by atoms with Gasteiger partial charge in [0.15, 0.2) is 0 Å². The molecule has 5 nitrogen and oxygen atoms in total. The number of alkyl halides is 2. The Morgan fingerprint density at radius 1 is 1.04 bits per heavy atom. The molecule has 24 heavy (non-hydrogen) atoms. The van der Waals surface area contributed by atoms with Gasteiger partial charge in [0, 0.05) is 23.9 Å². The van der Waals surface area contributed by atoms with Gasteiger partial charge in [-0.2, -0.15) is 8.78 Å². The molecule has 2 amide bonds. The summed E-state index contributed by atoms with van der Waals surface area (Å²) < 4.78 is 28.8. The van der Waals surface area contributed by atoms with E-state index in [0.717, 1.165) is 5.56 Å². The molecule has 0 atom stereocenters. The fraction of sp³-hybridized carbons (Fsp3) is 0.176. The van der Waals surface area contributed by atoms with Gasteiger partial charge in [-0.15, -0.1) is 0 Å². The predicted molar refractivity (Wildman–Crippen MR) is 85.6 cm³/mol. The molecule has 7 heteroatoms. The molecular formula is C17H16F2N2O3. The Labute approximate surface area is 137 Å². The first-order chi connectivity index (χ1) is 11.4. The molecule has 0 aliphatic carbocycles. The minimum absolute atomic E-state index is 0.103. The second-order valence-electron chi connectivity index (χ2n) is 4.97. The van der Waals surface area contributed by atoms with Crippen LogP contribution in [0.3, 0.4) is 0 Å². The van der Waals surface area contributed by atoms with Crippen LogP contribution in [0.4, 0.5) is 14.5 Å². The molecule has 0 heterocycles. The Bertz CT molecular complexity index is 763. The minimum atomic E-state index is -2.96. The molecule has 0 aromatic heterocycles. The van der Waals surface area contributed by atoms with Crippen LogP contribution >= 0.6 is 0 Å². The van der Waals surface area contributed by atoms with Gasteiger partial charge >= 0.3 is 6.61 Å². The molecular weight excluding hydrogens is 318 g/mol. The number of nitrogens with one attached hydrogen (secondary N) is 2. The molecule has 2 aromatic rings. The van der Waals surface area contributed by atoms with E-state index in [1.807, 2.05) is 0 Å². The molecule has 0 bridgehead atoms. The summed E-state index contributed by atoms with van der Waals surface area (Å²) in [6, 6.07) is 10.4. The first kappa shape index (κ1) is 17.4. The van der Waals surface area contributed by atoms with Crippen molar-refractivity contribution in [2.75, 3.05) is 12.4 Å². The molecule has 0 unspecified atom stereocenters. The highest BCUT2D eigenvalue weighted by Gasteiger charge is 2.12. The SMILES string of the molecule is CNC(=O)c1ccc(C)c(NC(=O)c2cccc(OC(F)F)c2)c1. The zero-order chi connectivity index (χ0) is 17.7. The summed E-state index contributed by atoms with van der Waals surface area (Å²) in [6.07, 6.45) is 0. The average molecular weight is 334 g/mol. The Morgan fingerprint density at radius 2 is 1.75 bits per heavy atom. The van der Waals surface area contributed by atoms with Crippen LogP contribution in [0.1, 0.15) is 26.3 Å². The van der Waals surface area contributed by atoms with Crippen LogP contribution < -0.4 is 15.4 Å². The Kier molecular flexibility index (Phi) is 5.47. The van der Waals surface area contributed by atoms with Crippen LogP contribution in [0.15, 0.2) is 42.5 Å². The molecule has 2 rings (SSSR count). The smallest absolute Gasteiger partial charge is 0.387 e. The Morgan fingerprint density at radius 3 is 2.42 bits per heavy atom. The monoisotopic (exact) mass is 334 g/mol. The van der Waals surface area contributed by atoms with Gasteiger partial charge in [0.25, 0.3) is 11.8 Å². The molecule has 2 aromatic carbocycles. The lowest BCUT2D eigenvalue weighted by Gasteiger charge is -2.11. The molecule has 0 aliphatic heterocycles. The van der Waals surface area contributed by atoms with Crippen LogP contribution in [-0.2, 0) is 0 Å². The topological polar surface area (TPSA) is 67.4 Å². The van der Waals surface area contributed by atoms with Crippen molar-refractivity contribution >= 4 is 17.5 Å². The molecule has 0 aliphatic rings. The van der Waals surface area contributed by atoms with Crippen molar-refractivity contribution in [1.29, 1.82) is 0 Å². The normalized spacial score (nSPS) is 10.4. The van der Waals surface area contributed by atoms with Gasteiger partial charge in [-0.1, -0.05) is 12.1 Å². The quantitative estimate of drug-likeness (QED) is 0.882. The first-order valence-electron chi connectivity index (χ1n) is 7.09. The maximum atomic E-state index is 12.3. The van der Waals surface area contributed by atoms with Crippen LogP contribution in [0, 0.1) is 6.92 Å². The number of carbonyl (C=O) groups is 2. The fourth-order valence-corrected chi connectivity index (χ4v) is 2.05. The zero-order valence-electron chi connectivity index (χ0n) is 13.1. The zero-order valence-corrected chi connectivity index (χ0v) is 13.1. The van der Waals surface area contributed by atoms with E-state index in [4.69, 9.17) is 0 Å². The largest absolute Gasteiger partial charge is 0.435 e. The van der Waals surface area contributed by atoms with Gasteiger partial charge in [-0.05, 0) is 42.8 Å². The van der Waals surface area contributed by atoms with Crippen LogP contribution in [0.25, 0.3) is 0 Å². The first-order valence-corrected chi connectivity index (χ1v) is 7.09. The third-order valence-corrected chi connectivity index (χ3v) is 3.30. The van der Waals surface area contributed by atoms with Gasteiger partial charge in [0.2, 0.25) is 0 Å². The number of halogens is 2. The number of ether oxygens (including phenoxy) is 1. The minimum Gasteiger partial charge on any atom is -0.435 e. The van der Waals surface area contributed by atoms with Crippen LogP contribution in [-0.4, -0.2) is 25.5 Å². The number of benzene rings is 2. The number of hydrogen-bond donors (Lipinski definition) is 2. The highest BCUT2D eigenvalue weighted by Crippen LogP contribution is 2.20. The van der Waals surface area contributed by atoms with Crippen LogP contribution in [0.5, 0.6) is 5.75 Å². The van der Waals surface area contributed by atoms with Crippen molar-refractivity contribution in [2.45, 2.75) is 13.5 Å². The van der Waals surface area contributed by atoms with Gasteiger partial charge in [0.1, 0.15) is 5.75 Å². The average Bonchev–Trinajstić information content (AvgIpc) is 2.55. The van der Waals surface area contributed by atoms with Crippen molar-refractivity contribution in [3.63, 3.8) is 0 Å². The lowest BCUT2D eigenvalue weighted by Crippen LogP contribution is -2.19. The summed E-state index contributed by atoms with van der Waals surface area (Å²) in [4.78, 5) is 24.0. The number of anilines is 1. The highest BCUT2D eigenvalue weighted by atomic mass is 19.3. The van der Waals surface area contributed by atoms with Crippen molar-refractivity contribution in [3.05, 3.63) is 59.2 Å². The Balaban J connectivity index is 2.22. The molecule has 2 N–H and O–H groups in total. The van der Waals surface area contributed by atoms with E-state index in [1.165, 1.54) is 31.3 Å². The van der Waals surface area contributed by atoms with Crippen molar-refractivity contribution < 1.29 is 23.1 Å². The summed E-state index contributed by atoms with van der Waals surface area (Å²) in [5.41, 5.74) is 1.78. The molecule has 126 valence electrons. The van der Waals surface area contributed by atoms with E-state index >= 15 is 0 Å².